The first-order valence-electron chi connectivity index (χ1n) is 8.20. The second kappa shape index (κ2) is 6.36. The van der Waals surface area contributed by atoms with Crippen LogP contribution in [0.1, 0.15) is 16.8 Å². The summed E-state index contributed by atoms with van der Waals surface area (Å²) in [5, 5.41) is 7.26. The monoisotopic (exact) mass is 329 g/mol. The van der Waals surface area contributed by atoms with Gasteiger partial charge in [0.25, 0.3) is 0 Å². The molecule has 3 aromatic heterocycles. The molecule has 1 aromatic carbocycles. The number of aryl methyl sites for hydroxylation is 2. The predicted octanol–water partition coefficient (Wildman–Crippen LogP) is 2.79. The van der Waals surface area contributed by atoms with E-state index in [4.69, 9.17) is 0 Å². The molecule has 124 valence electrons. The van der Waals surface area contributed by atoms with E-state index in [2.05, 4.69) is 57.9 Å². The van der Waals surface area contributed by atoms with E-state index < -0.39 is 0 Å². The van der Waals surface area contributed by atoms with Crippen LogP contribution in [0.25, 0.3) is 17.1 Å². The molecule has 4 rings (SSSR count). The lowest BCUT2D eigenvalue weighted by Crippen LogP contribution is -2.24. The minimum absolute atomic E-state index is 0.847. The molecule has 0 aliphatic rings. The Hall–Kier alpha value is -3.21. The van der Waals surface area contributed by atoms with Gasteiger partial charge in [-0.25, -0.2) is 0 Å². The summed E-state index contributed by atoms with van der Waals surface area (Å²) < 4.78 is 3.90. The van der Waals surface area contributed by atoms with E-state index >= 15 is 0 Å². The SMILES string of the molecule is Cc1cc(-c2cc(Cc3cccc(-n4[c-][n+](C)cc4)c3)ccn2)n[nH]1. The summed E-state index contributed by atoms with van der Waals surface area (Å²) in [7, 11) is 1.97. The van der Waals surface area contributed by atoms with Crippen molar-refractivity contribution in [1.82, 2.24) is 19.7 Å². The summed E-state index contributed by atoms with van der Waals surface area (Å²) in [4.78, 5) is 4.44. The van der Waals surface area contributed by atoms with Crippen LogP contribution >= 0.6 is 0 Å². The molecule has 0 saturated carbocycles. The van der Waals surface area contributed by atoms with Crippen molar-refractivity contribution in [2.75, 3.05) is 0 Å². The minimum atomic E-state index is 0.847. The van der Waals surface area contributed by atoms with Crippen molar-refractivity contribution in [3.05, 3.63) is 84.2 Å². The van der Waals surface area contributed by atoms with E-state index in [1.165, 1.54) is 11.1 Å². The number of hydrogen-bond donors (Lipinski definition) is 1. The van der Waals surface area contributed by atoms with Crippen LogP contribution in [0.4, 0.5) is 0 Å². The maximum Gasteiger partial charge on any atom is 0.243 e. The Kier molecular flexibility index (Phi) is 3.90. The van der Waals surface area contributed by atoms with E-state index in [-0.39, 0.29) is 0 Å². The summed E-state index contributed by atoms with van der Waals surface area (Å²) in [5.41, 5.74) is 6.37. The number of hydrogen-bond acceptors (Lipinski definition) is 2. The average Bonchev–Trinajstić information content (AvgIpc) is 3.24. The molecule has 5 nitrogen and oxygen atoms in total. The third kappa shape index (κ3) is 3.35. The molecule has 0 fully saturated rings. The number of aromatic amines is 1. The highest BCUT2D eigenvalue weighted by molar-refractivity contribution is 5.55. The van der Waals surface area contributed by atoms with Gasteiger partial charge in [0.05, 0.1) is 18.4 Å². The first-order chi connectivity index (χ1) is 12.2. The molecule has 0 saturated heterocycles. The van der Waals surface area contributed by atoms with E-state index in [9.17, 15) is 0 Å². The van der Waals surface area contributed by atoms with Crippen molar-refractivity contribution in [1.29, 1.82) is 0 Å². The lowest BCUT2D eigenvalue weighted by atomic mass is 10.0. The topological polar surface area (TPSA) is 50.4 Å². The normalized spacial score (nSPS) is 11.0. The van der Waals surface area contributed by atoms with Crippen LogP contribution in [0, 0.1) is 13.3 Å². The Morgan fingerprint density at radius 1 is 1.12 bits per heavy atom. The number of H-pyrrole nitrogens is 1. The third-order valence-corrected chi connectivity index (χ3v) is 4.09. The Morgan fingerprint density at radius 2 is 2.00 bits per heavy atom. The number of benzene rings is 1. The highest BCUT2D eigenvalue weighted by atomic mass is 15.1. The number of imidazole rings is 1. The second-order valence-corrected chi connectivity index (χ2v) is 6.21. The molecule has 1 N–H and O–H groups in total. The maximum absolute atomic E-state index is 4.44. The van der Waals surface area contributed by atoms with Crippen LogP contribution < -0.4 is 4.57 Å². The summed E-state index contributed by atoms with van der Waals surface area (Å²) >= 11 is 0. The standard InChI is InChI=1S/C20H19N5/c1-15-10-20(23-22-15)19-13-17(6-7-21-19)11-16-4-3-5-18(12-16)25-9-8-24(2)14-25/h3-10,12-13H,11H2,1-2H3,(H,22,23). The minimum Gasteiger partial charge on any atom is -0.326 e. The number of rotatable bonds is 4. The van der Waals surface area contributed by atoms with Crippen molar-refractivity contribution in [3.63, 3.8) is 0 Å². The van der Waals surface area contributed by atoms with Crippen LogP contribution in [0.15, 0.2) is 61.1 Å². The fraction of sp³-hybridized carbons (Fsp3) is 0.150. The van der Waals surface area contributed by atoms with Gasteiger partial charge in [-0.15, -0.1) is 0 Å². The van der Waals surface area contributed by atoms with E-state index in [0.717, 1.165) is 29.2 Å². The van der Waals surface area contributed by atoms with Gasteiger partial charge in [-0.1, -0.05) is 24.3 Å². The highest BCUT2D eigenvalue weighted by Crippen LogP contribution is 2.19. The van der Waals surface area contributed by atoms with Crippen molar-refractivity contribution in [3.8, 4) is 17.1 Å². The van der Waals surface area contributed by atoms with Crippen molar-refractivity contribution < 1.29 is 4.57 Å². The molecule has 0 atom stereocenters. The van der Waals surface area contributed by atoms with Gasteiger partial charge in [-0.2, -0.15) is 5.10 Å². The first kappa shape index (κ1) is 15.3. The van der Waals surface area contributed by atoms with Gasteiger partial charge in [0.2, 0.25) is 6.33 Å². The molecule has 0 spiro atoms. The zero-order chi connectivity index (χ0) is 17.2. The average molecular weight is 329 g/mol. The van der Waals surface area contributed by atoms with Crippen LogP contribution in [-0.2, 0) is 13.5 Å². The highest BCUT2D eigenvalue weighted by Gasteiger charge is 2.06. The smallest absolute Gasteiger partial charge is 0.243 e. The van der Waals surface area contributed by atoms with E-state index in [1.54, 1.807) is 0 Å². The number of aromatic nitrogens is 5. The largest absolute Gasteiger partial charge is 0.326 e. The number of nitrogens with one attached hydrogen (secondary N) is 1. The zero-order valence-electron chi connectivity index (χ0n) is 14.3. The molecule has 25 heavy (non-hydrogen) atoms. The second-order valence-electron chi connectivity index (χ2n) is 6.21. The summed E-state index contributed by atoms with van der Waals surface area (Å²) in [6.45, 7) is 1.99. The van der Waals surface area contributed by atoms with Crippen molar-refractivity contribution in [2.24, 2.45) is 7.05 Å². The fourth-order valence-corrected chi connectivity index (χ4v) is 2.87. The first-order valence-corrected chi connectivity index (χ1v) is 8.20. The summed E-state index contributed by atoms with van der Waals surface area (Å²) in [6.07, 6.45) is 9.90. The van der Waals surface area contributed by atoms with E-state index in [1.807, 2.05) is 47.8 Å². The van der Waals surface area contributed by atoms with Gasteiger partial charge in [0.1, 0.15) is 5.69 Å². The van der Waals surface area contributed by atoms with Crippen LogP contribution in [0.5, 0.6) is 0 Å². The van der Waals surface area contributed by atoms with Crippen molar-refractivity contribution in [2.45, 2.75) is 13.3 Å². The predicted molar refractivity (Wildman–Crippen MR) is 95.1 cm³/mol. The number of pyridine rings is 1. The van der Waals surface area contributed by atoms with Gasteiger partial charge in [0, 0.05) is 24.3 Å². The molecule has 4 aromatic rings. The van der Waals surface area contributed by atoms with Crippen molar-refractivity contribution >= 4 is 0 Å². The molecular weight excluding hydrogens is 310 g/mol. The van der Waals surface area contributed by atoms with Gasteiger partial charge >= 0.3 is 0 Å². The summed E-state index contributed by atoms with van der Waals surface area (Å²) in [6, 6.07) is 14.7. The van der Waals surface area contributed by atoms with Gasteiger partial charge < -0.3 is 9.13 Å². The lowest BCUT2D eigenvalue weighted by Gasteiger charge is -2.07. The lowest BCUT2D eigenvalue weighted by molar-refractivity contribution is -0.674. The molecule has 0 radical (unpaired) electrons. The van der Waals surface area contributed by atoms with Crippen LogP contribution in [0.3, 0.4) is 0 Å². The van der Waals surface area contributed by atoms with E-state index in [0.29, 0.717) is 0 Å². The molecular formula is C20H19N5. The van der Waals surface area contributed by atoms with Gasteiger partial charge in [0.15, 0.2) is 0 Å². The van der Waals surface area contributed by atoms with Crippen LogP contribution in [0.2, 0.25) is 0 Å². The van der Waals surface area contributed by atoms with Gasteiger partial charge in [-0.3, -0.25) is 10.1 Å². The maximum atomic E-state index is 4.44. The number of nitrogens with zero attached hydrogens (tertiary/aromatic N) is 4. The Balaban J connectivity index is 1.60. The Bertz CT molecular complexity index is 930. The summed E-state index contributed by atoms with van der Waals surface area (Å²) in [5.74, 6) is 0. The van der Waals surface area contributed by atoms with Gasteiger partial charge in [-0.05, 0) is 42.7 Å². The third-order valence-electron chi connectivity index (χ3n) is 4.09. The zero-order valence-corrected chi connectivity index (χ0v) is 14.3. The molecule has 0 aliphatic carbocycles. The molecule has 0 bridgehead atoms. The Labute approximate surface area is 146 Å². The fourth-order valence-electron chi connectivity index (χ4n) is 2.87. The molecule has 0 amide bonds. The molecule has 0 unspecified atom stereocenters. The molecule has 5 heteroatoms. The Morgan fingerprint density at radius 3 is 2.76 bits per heavy atom. The quantitative estimate of drug-likeness (QED) is 0.462. The molecule has 0 aliphatic heterocycles. The molecule has 3 heterocycles. The van der Waals surface area contributed by atoms with Crippen LogP contribution in [-0.4, -0.2) is 19.7 Å².